The predicted molar refractivity (Wildman–Crippen MR) is 89.7 cm³/mol. The van der Waals surface area contributed by atoms with Crippen LogP contribution in [0.5, 0.6) is 5.88 Å². The van der Waals surface area contributed by atoms with Crippen LogP contribution in [0.2, 0.25) is 0 Å². The lowest BCUT2D eigenvalue weighted by Gasteiger charge is -2.29. The molecular weight excluding hydrogens is 332 g/mol. The number of anilines is 1. The Morgan fingerprint density at radius 1 is 1.25 bits per heavy atom. The molecule has 0 aliphatic carbocycles. The zero-order chi connectivity index (χ0) is 17.0. The van der Waals surface area contributed by atoms with E-state index in [0.29, 0.717) is 50.8 Å². The fourth-order valence-corrected chi connectivity index (χ4v) is 4.54. The molecule has 1 aromatic rings. The molecule has 9 heteroatoms. The molecule has 2 saturated heterocycles. The van der Waals surface area contributed by atoms with Gasteiger partial charge in [0.25, 0.3) is 5.88 Å². The summed E-state index contributed by atoms with van der Waals surface area (Å²) >= 11 is 0. The van der Waals surface area contributed by atoms with Crippen LogP contribution in [0.4, 0.5) is 5.82 Å². The van der Waals surface area contributed by atoms with Crippen LogP contribution in [0.3, 0.4) is 0 Å². The standard InChI is InChI=1S/C15H24N4O4S/c1-2-11-24(20,21)19-6-3-13(12-19)23-15-14(16-4-5-17-15)18-7-9-22-10-8-18/h4-5,13H,2-3,6-12H2,1H3. The number of sulfonamides is 1. The first-order valence-corrected chi connectivity index (χ1v) is 9.99. The van der Waals surface area contributed by atoms with Crippen molar-refractivity contribution in [1.29, 1.82) is 0 Å². The molecule has 0 spiro atoms. The molecule has 3 heterocycles. The third kappa shape index (κ3) is 3.96. The van der Waals surface area contributed by atoms with Gasteiger partial charge in [-0.15, -0.1) is 0 Å². The number of nitrogens with zero attached hydrogens (tertiary/aromatic N) is 4. The Labute approximate surface area is 142 Å². The van der Waals surface area contributed by atoms with Gasteiger partial charge in [-0.2, -0.15) is 4.31 Å². The van der Waals surface area contributed by atoms with Crippen molar-refractivity contribution in [3.8, 4) is 5.88 Å². The SMILES string of the molecule is CCCS(=O)(=O)N1CCC(Oc2nccnc2N2CCOCC2)C1. The van der Waals surface area contributed by atoms with Crippen LogP contribution in [-0.2, 0) is 14.8 Å². The fraction of sp³-hybridized carbons (Fsp3) is 0.733. The van der Waals surface area contributed by atoms with E-state index in [1.54, 1.807) is 12.4 Å². The van der Waals surface area contributed by atoms with Crippen LogP contribution >= 0.6 is 0 Å². The molecule has 0 amide bonds. The van der Waals surface area contributed by atoms with E-state index >= 15 is 0 Å². The summed E-state index contributed by atoms with van der Waals surface area (Å²) in [5.74, 6) is 1.36. The summed E-state index contributed by atoms with van der Waals surface area (Å²) in [5, 5.41) is 0. The van der Waals surface area contributed by atoms with Crippen molar-refractivity contribution < 1.29 is 17.9 Å². The summed E-state index contributed by atoms with van der Waals surface area (Å²) in [6, 6.07) is 0. The van der Waals surface area contributed by atoms with Crippen molar-refractivity contribution >= 4 is 15.8 Å². The van der Waals surface area contributed by atoms with Gasteiger partial charge in [-0.25, -0.2) is 18.4 Å². The van der Waals surface area contributed by atoms with Crippen molar-refractivity contribution in [3.05, 3.63) is 12.4 Å². The number of hydrogen-bond donors (Lipinski definition) is 0. The van der Waals surface area contributed by atoms with Crippen molar-refractivity contribution in [3.63, 3.8) is 0 Å². The molecule has 0 N–H and O–H groups in total. The van der Waals surface area contributed by atoms with E-state index in [4.69, 9.17) is 9.47 Å². The van der Waals surface area contributed by atoms with Crippen molar-refractivity contribution in [1.82, 2.24) is 14.3 Å². The monoisotopic (exact) mass is 356 g/mol. The first-order chi connectivity index (χ1) is 11.6. The Morgan fingerprint density at radius 2 is 2.00 bits per heavy atom. The summed E-state index contributed by atoms with van der Waals surface area (Å²) in [6.45, 7) is 5.55. The summed E-state index contributed by atoms with van der Waals surface area (Å²) < 4.78 is 37.2. The van der Waals surface area contributed by atoms with Gasteiger partial charge in [0, 0.05) is 32.0 Å². The molecule has 2 fully saturated rings. The van der Waals surface area contributed by atoms with Crippen LogP contribution in [0.15, 0.2) is 12.4 Å². The number of rotatable bonds is 6. The fourth-order valence-electron chi connectivity index (χ4n) is 2.98. The van der Waals surface area contributed by atoms with Gasteiger partial charge < -0.3 is 14.4 Å². The number of hydrogen-bond acceptors (Lipinski definition) is 7. The van der Waals surface area contributed by atoms with Gasteiger partial charge in [0.1, 0.15) is 6.10 Å². The van der Waals surface area contributed by atoms with E-state index in [-0.39, 0.29) is 11.9 Å². The molecule has 1 unspecified atom stereocenters. The van der Waals surface area contributed by atoms with Gasteiger partial charge in [0.05, 0.1) is 25.5 Å². The van der Waals surface area contributed by atoms with Crippen LogP contribution in [0.1, 0.15) is 19.8 Å². The van der Waals surface area contributed by atoms with Crippen molar-refractivity contribution in [2.24, 2.45) is 0 Å². The van der Waals surface area contributed by atoms with Gasteiger partial charge >= 0.3 is 0 Å². The van der Waals surface area contributed by atoms with Crippen molar-refractivity contribution in [2.45, 2.75) is 25.9 Å². The first-order valence-electron chi connectivity index (χ1n) is 8.38. The van der Waals surface area contributed by atoms with Gasteiger partial charge in [-0.3, -0.25) is 0 Å². The second-order valence-corrected chi connectivity index (χ2v) is 8.08. The normalized spacial score (nSPS) is 22.7. The molecule has 0 bridgehead atoms. The Morgan fingerprint density at radius 3 is 2.75 bits per heavy atom. The summed E-state index contributed by atoms with van der Waals surface area (Å²) in [4.78, 5) is 10.8. The average molecular weight is 356 g/mol. The second kappa shape index (κ2) is 7.62. The topological polar surface area (TPSA) is 84.9 Å². The van der Waals surface area contributed by atoms with Gasteiger partial charge in [0.15, 0.2) is 5.82 Å². The molecule has 0 aromatic carbocycles. The molecule has 1 atom stereocenters. The van der Waals surface area contributed by atoms with Crippen LogP contribution in [0, 0.1) is 0 Å². The molecule has 134 valence electrons. The average Bonchev–Trinajstić information content (AvgIpc) is 3.06. The highest BCUT2D eigenvalue weighted by Crippen LogP contribution is 2.27. The molecule has 0 radical (unpaired) electrons. The molecular formula is C15H24N4O4S. The van der Waals surface area contributed by atoms with Crippen LogP contribution in [-0.4, -0.2) is 73.9 Å². The summed E-state index contributed by atoms with van der Waals surface area (Å²) in [7, 11) is -3.18. The zero-order valence-electron chi connectivity index (χ0n) is 13.9. The van der Waals surface area contributed by atoms with Gasteiger partial charge in [-0.05, 0) is 12.8 Å². The molecule has 8 nitrogen and oxygen atoms in total. The Bertz CT molecular complexity index is 649. The lowest BCUT2D eigenvalue weighted by molar-refractivity contribution is 0.121. The zero-order valence-corrected chi connectivity index (χ0v) is 14.7. The number of aromatic nitrogens is 2. The van der Waals surface area contributed by atoms with Crippen LogP contribution < -0.4 is 9.64 Å². The highest BCUT2D eigenvalue weighted by Gasteiger charge is 2.33. The Kier molecular flexibility index (Phi) is 5.52. The minimum absolute atomic E-state index is 0.184. The van der Waals surface area contributed by atoms with Gasteiger partial charge in [0.2, 0.25) is 10.0 Å². The Hall–Kier alpha value is -1.45. The van der Waals surface area contributed by atoms with Crippen molar-refractivity contribution in [2.75, 3.05) is 50.0 Å². The molecule has 24 heavy (non-hydrogen) atoms. The molecule has 3 rings (SSSR count). The molecule has 0 saturated carbocycles. The van der Waals surface area contributed by atoms with E-state index in [2.05, 4.69) is 14.9 Å². The third-order valence-corrected chi connectivity index (χ3v) is 6.24. The highest BCUT2D eigenvalue weighted by atomic mass is 32.2. The quantitative estimate of drug-likeness (QED) is 0.734. The third-order valence-electron chi connectivity index (χ3n) is 4.20. The Balaban J connectivity index is 1.67. The summed E-state index contributed by atoms with van der Waals surface area (Å²) in [6.07, 6.45) is 4.34. The second-order valence-electron chi connectivity index (χ2n) is 5.99. The lowest BCUT2D eigenvalue weighted by atomic mass is 10.3. The largest absolute Gasteiger partial charge is 0.470 e. The van der Waals surface area contributed by atoms with E-state index in [0.717, 1.165) is 13.1 Å². The van der Waals surface area contributed by atoms with Gasteiger partial charge in [-0.1, -0.05) is 6.92 Å². The van der Waals surface area contributed by atoms with Crippen LogP contribution in [0.25, 0.3) is 0 Å². The number of morpholine rings is 1. The van der Waals surface area contributed by atoms with E-state index in [1.165, 1.54) is 4.31 Å². The van der Waals surface area contributed by atoms with E-state index < -0.39 is 10.0 Å². The molecule has 1 aromatic heterocycles. The minimum atomic E-state index is -3.18. The highest BCUT2D eigenvalue weighted by molar-refractivity contribution is 7.89. The number of ether oxygens (including phenoxy) is 2. The molecule has 2 aliphatic heterocycles. The summed E-state index contributed by atoms with van der Waals surface area (Å²) in [5.41, 5.74) is 0. The smallest absolute Gasteiger partial charge is 0.257 e. The minimum Gasteiger partial charge on any atom is -0.470 e. The maximum Gasteiger partial charge on any atom is 0.257 e. The predicted octanol–water partition coefficient (Wildman–Crippen LogP) is 0.506. The van der Waals surface area contributed by atoms with E-state index in [9.17, 15) is 8.42 Å². The lowest BCUT2D eigenvalue weighted by Crippen LogP contribution is -2.37. The first kappa shape index (κ1) is 17.4. The molecule has 2 aliphatic rings. The maximum atomic E-state index is 12.2. The maximum absolute atomic E-state index is 12.2. The van der Waals surface area contributed by atoms with E-state index in [1.807, 2.05) is 6.92 Å².